The Morgan fingerprint density at radius 3 is 2.88 bits per heavy atom. The van der Waals surface area contributed by atoms with E-state index in [1.165, 1.54) is 11.3 Å². The topological polar surface area (TPSA) is 50.1 Å². The summed E-state index contributed by atoms with van der Waals surface area (Å²) in [5, 5.41) is 12.4. The molecule has 4 heteroatoms. The molecule has 1 heterocycles. The van der Waals surface area contributed by atoms with Crippen LogP contribution in [-0.4, -0.2) is 5.97 Å². The summed E-state index contributed by atoms with van der Waals surface area (Å²) in [7, 11) is 0. The van der Waals surface area contributed by atoms with Gasteiger partial charge in [0.15, 0.2) is 0 Å². The Labute approximate surface area is 103 Å². The molecular formula is C13H9NO2S. The van der Waals surface area contributed by atoms with Crippen molar-refractivity contribution in [1.82, 2.24) is 0 Å². The Bertz CT molecular complexity index is 555. The first-order valence-corrected chi connectivity index (χ1v) is 5.93. The number of hydrogen-bond donors (Lipinski definition) is 0. The minimum atomic E-state index is -0.362. The molecule has 1 aromatic carbocycles. The van der Waals surface area contributed by atoms with Gasteiger partial charge in [-0.2, -0.15) is 16.6 Å². The van der Waals surface area contributed by atoms with Crippen LogP contribution in [0.3, 0.4) is 0 Å². The smallest absolute Gasteiger partial charge is 0.339 e. The summed E-state index contributed by atoms with van der Waals surface area (Å²) < 4.78 is 5.13. The van der Waals surface area contributed by atoms with Crippen LogP contribution in [0.15, 0.2) is 41.1 Å². The van der Waals surface area contributed by atoms with Gasteiger partial charge in [-0.1, -0.05) is 18.2 Å². The molecule has 2 aromatic rings. The van der Waals surface area contributed by atoms with Gasteiger partial charge in [0.25, 0.3) is 0 Å². The van der Waals surface area contributed by atoms with Crippen molar-refractivity contribution in [3.8, 4) is 6.07 Å². The monoisotopic (exact) mass is 243 g/mol. The zero-order valence-electron chi connectivity index (χ0n) is 8.92. The molecule has 0 bridgehead atoms. The molecule has 2 rings (SSSR count). The molecule has 0 aliphatic carbocycles. The molecule has 84 valence electrons. The number of thiophene rings is 1. The van der Waals surface area contributed by atoms with Gasteiger partial charge in [-0.25, -0.2) is 4.79 Å². The summed E-state index contributed by atoms with van der Waals surface area (Å²) >= 11 is 1.44. The van der Waals surface area contributed by atoms with Crippen molar-refractivity contribution in [1.29, 1.82) is 5.26 Å². The molecule has 0 N–H and O–H groups in total. The van der Waals surface area contributed by atoms with E-state index in [0.29, 0.717) is 11.1 Å². The third-order valence-electron chi connectivity index (χ3n) is 2.25. The Hall–Kier alpha value is -2.12. The van der Waals surface area contributed by atoms with Gasteiger partial charge in [0, 0.05) is 10.9 Å². The van der Waals surface area contributed by atoms with Gasteiger partial charge < -0.3 is 4.74 Å². The molecule has 0 atom stereocenters. The van der Waals surface area contributed by atoms with E-state index in [1.54, 1.807) is 29.6 Å². The van der Waals surface area contributed by atoms with E-state index < -0.39 is 0 Å². The van der Waals surface area contributed by atoms with Crippen molar-refractivity contribution in [2.45, 2.75) is 6.61 Å². The normalized spacial score (nSPS) is 9.59. The second-order valence-corrected chi connectivity index (χ2v) is 4.14. The lowest BCUT2D eigenvalue weighted by Crippen LogP contribution is -2.04. The maximum atomic E-state index is 11.6. The molecule has 0 saturated carbocycles. The molecule has 0 saturated heterocycles. The Balaban J connectivity index is 2.04. The number of carbonyl (C=O) groups is 1. The molecule has 0 aliphatic heterocycles. The number of benzene rings is 1. The fourth-order valence-electron chi connectivity index (χ4n) is 1.36. The average Bonchev–Trinajstić information content (AvgIpc) is 2.90. The summed E-state index contributed by atoms with van der Waals surface area (Å²) in [5.74, 6) is -0.362. The van der Waals surface area contributed by atoms with Gasteiger partial charge in [0.1, 0.15) is 6.61 Å². The van der Waals surface area contributed by atoms with E-state index in [2.05, 4.69) is 6.07 Å². The second-order valence-electron chi connectivity index (χ2n) is 3.36. The van der Waals surface area contributed by atoms with Crippen LogP contribution in [0.5, 0.6) is 0 Å². The number of esters is 1. The van der Waals surface area contributed by atoms with E-state index >= 15 is 0 Å². The summed E-state index contributed by atoms with van der Waals surface area (Å²) in [5.41, 5.74) is 1.80. The maximum absolute atomic E-state index is 11.6. The summed E-state index contributed by atoms with van der Waals surface area (Å²) in [6.45, 7) is 0.123. The van der Waals surface area contributed by atoms with Crippen LogP contribution in [0.25, 0.3) is 0 Å². The zero-order valence-corrected chi connectivity index (χ0v) is 9.74. The molecule has 0 aliphatic rings. The van der Waals surface area contributed by atoms with E-state index in [-0.39, 0.29) is 12.6 Å². The fourth-order valence-corrected chi connectivity index (χ4v) is 1.99. The highest BCUT2D eigenvalue weighted by Crippen LogP contribution is 2.12. The average molecular weight is 243 g/mol. The van der Waals surface area contributed by atoms with Gasteiger partial charge in [-0.15, -0.1) is 0 Å². The standard InChI is InChI=1S/C13H9NO2S/c14-7-10-3-1-2-4-11(10)8-16-13(15)12-5-6-17-9-12/h1-6,9H,8H2. The first kappa shape index (κ1) is 11.4. The van der Waals surface area contributed by atoms with Crippen LogP contribution >= 0.6 is 11.3 Å². The van der Waals surface area contributed by atoms with Crippen LogP contribution < -0.4 is 0 Å². The third-order valence-corrected chi connectivity index (χ3v) is 2.94. The first-order chi connectivity index (χ1) is 8.31. The number of hydrogen-bond acceptors (Lipinski definition) is 4. The molecule has 3 nitrogen and oxygen atoms in total. The third kappa shape index (κ3) is 2.71. The number of ether oxygens (including phenoxy) is 1. The van der Waals surface area contributed by atoms with Gasteiger partial charge in [-0.05, 0) is 17.5 Å². The number of nitrogens with zero attached hydrogens (tertiary/aromatic N) is 1. The van der Waals surface area contributed by atoms with Crippen LogP contribution in [0, 0.1) is 11.3 Å². The number of nitriles is 1. The van der Waals surface area contributed by atoms with Crippen LogP contribution in [0.4, 0.5) is 0 Å². The van der Waals surface area contributed by atoms with Gasteiger partial charge in [0.05, 0.1) is 17.2 Å². The van der Waals surface area contributed by atoms with Crippen molar-refractivity contribution in [2.75, 3.05) is 0 Å². The lowest BCUT2D eigenvalue weighted by molar-refractivity contribution is 0.0473. The predicted molar refractivity (Wildman–Crippen MR) is 64.6 cm³/mol. The highest BCUT2D eigenvalue weighted by molar-refractivity contribution is 7.08. The quantitative estimate of drug-likeness (QED) is 0.779. The Kier molecular flexibility index (Phi) is 3.53. The summed E-state index contributed by atoms with van der Waals surface area (Å²) in [4.78, 5) is 11.6. The second kappa shape index (κ2) is 5.28. The van der Waals surface area contributed by atoms with E-state index in [0.717, 1.165) is 5.56 Å². The van der Waals surface area contributed by atoms with Crippen molar-refractivity contribution in [3.05, 3.63) is 57.8 Å². The van der Waals surface area contributed by atoms with Crippen LogP contribution in [0.2, 0.25) is 0 Å². The molecule has 0 radical (unpaired) electrons. The Morgan fingerprint density at radius 1 is 1.35 bits per heavy atom. The van der Waals surface area contributed by atoms with Gasteiger partial charge in [-0.3, -0.25) is 0 Å². The van der Waals surface area contributed by atoms with Gasteiger partial charge >= 0.3 is 5.97 Å². The molecular weight excluding hydrogens is 234 g/mol. The largest absolute Gasteiger partial charge is 0.457 e. The highest BCUT2D eigenvalue weighted by Gasteiger charge is 2.08. The Morgan fingerprint density at radius 2 is 2.18 bits per heavy atom. The van der Waals surface area contributed by atoms with Crippen LogP contribution in [-0.2, 0) is 11.3 Å². The molecule has 0 spiro atoms. The number of rotatable bonds is 3. The molecule has 0 amide bonds. The van der Waals surface area contributed by atoms with E-state index in [1.807, 2.05) is 11.4 Å². The molecule has 17 heavy (non-hydrogen) atoms. The predicted octanol–water partition coefficient (Wildman–Crippen LogP) is 2.98. The van der Waals surface area contributed by atoms with E-state index in [9.17, 15) is 4.79 Å². The minimum absolute atomic E-state index is 0.123. The maximum Gasteiger partial charge on any atom is 0.339 e. The fraction of sp³-hybridized carbons (Fsp3) is 0.0769. The van der Waals surface area contributed by atoms with Gasteiger partial charge in [0.2, 0.25) is 0 Å². The minimum Gasteiger partial charge on any atom is -0.457 e. The SMILES string of the molecule is N#Cc1ccccc1COC(=O)c1ccsc1. The van der Waals surface area contributed by atoms with Crippen molar-refractivity contribution >= 4 is 17.3 Å². The summed E-state index contributed by atoms with van der Waals surface area (Å²) in [6.07, 6.45) is 0. The summed E-state index contributed by atoms with van der Waals surface area (Å²) in [6, 6.07) is 10.9. The lowest BCUT2D eigenvalue weighted by Gasteiger charge is -2.04. The van der Waals surface area contributed by atoms with E-state index in [4.69, 9.17) is 10.00 Å². The first-order valence-electron chi connectivity index (χ1n) is 4.98. The van der Waals surface area contributed by atoms with Crippen molar-refractivity contribution in [2.24, 2.45) is 0 Å². The highest BCUT2D eigenvalue weighted by atomic mass is 32.1. The molecule has 1 aromatic heterocycles. The molecule has 0 fully saturated rings. The number of carbonyl (C=O) groups excluding carboxylic acids is 1. The molecule has 0 unspecified atom stereocenters. The van der Waals surface area contributed by atoms with Crippen molar-refractivity contribution < 1.29 is 9.53 Å². The lowest BCUT2D eigenvalue weighted by atomic mass is 10.1. The zero-order chi connectivity index (χ0) is 12.1. The van der Waals surface area contributed by atoms with Crippen molar-refractivity contribution in [3.63, 3.8) is 0 Å². The van der Waals surface area contributed by atoms with Crippen LogP contribution in [0.1, 0.15) is 21.5 Å².